The minimum atomic E-state index is -1.10. The topological polar surface area (TPSA) is 132 Å². The van der Waals surface area contributed by atoms with Crippen LogP contribution in [0.3, 0.4) is 0 Å². The molecule has 0 radical (unpaired) electrons. The molecule has 0 bridgehead atoms. The standard InChI is InChI=1S/C31H40N4O7/c1-8-31(3,4)33-30(38)28(23-10-9-11-24(40-6)29(23)41-7)35(19-21-12-14-22(39-5)15-13-21)27(37)17-16-26(36)32-25-18-20(2)42-34-25/h9-15,18,28H,8,16-17,19H2,1-7H3,(H,33,38)(H,32,34,36)/t28-/m1/s1. The molecule has 226 valence electrons. The third kappa shape index (κ3) is 8.25. The maximum Gasteiger partial charge on any atom is 0.248 e. The van der Waals surface area contributed by atoms with Crippen molar-refractivity contribution >= 4 is 23.5 Å². The first-order chi connectivity index (χ1) is 20.0. The second kappa shape index (κ2) is 14.4. The Morgan fingerprint density at radius 1 is 1.00 bits per heavy atom. The molecular formula is C31H40N4O7. The average molecular weight is 581 g/mol. The fraction of sp³-hybridized carbons (Fsp3) is 0.419. The molecule has 11 nitrogen and oxygen atoms in total. The fourth-order valence-electron chi connectivity index (χ4n) is 4.31. The number of ether oxygens (including phenoxy) is 3. The largest absolute Gasteiger partial charge is 0.497 e. The summed E-state index contributed by atoms with van der Waals surface area (Å²) in [5.41, 5.74) is 0.665. The summed E-state index contributed by atoms with van der Waals surface area (Å²) in [5.74, 6) is 1.01. The van der Waals surface area contributed by atoms with Crippen molar-refractivity contribution in [3.05, 3.63) is 65.4 Å². The highest BCUT2D eigenvalue weighted by atomic mass is 16.5. The second-order valence-electron chi connectivity index (χ2n) is 10.5. The fourth-order valence-corrected chi connectivity index (χ4v) is 4.31. The van der Waals surface area contributed by atoms with E-state index in [1.54, 1.807) is 50.4 Å². The first kappa shape index (κ1) is 32.0. The molecule has 1 heterocycles. The molecule has 0 aliphatic carbocycles. The van der Waals surface area contributed by atoms with Gasteiger partial charge in [0.15, 0.2) is 17.3 Å². The number of amides is 3. The summed E-state index contributed by atoms with van der Waals surface area (Å²) < 4.78 is 21.5. The minimum Gasteiger partial charge on any atom is -0.497 e. The number of hydrogen-bond acceptors (Lipinski definition) is 8. The summed E-state index contributed by atoms with van der Waals surface area (Å²) in [5, 5.41) is 9.48. The lowest BCUT2D eigenvalue weighted by molar-refractivity contribution is -0.143. The Morgan fingerprint density at radius 2 is 1.71 bits per heavy atom. The van der Waals surface area contributed by atoms with Gasteiger partial charge in [-0.15, -0.1) is 0 Å². The van der Waals surface area contributed by atoms with Crippen LogP contribution < -0.4 is 24.8 Å². The first-order valence-corrected chi connectivity index (χ1v) is 13.7. The summed E-state index contributed by atoms with van der Waals surface area (Å²) in [6.07, 6.45) is 0.370. The number of rotatable bonds is 14. The number of methoxy groups -OCH3 is 3. The summed E-state index contributed by atoms with van der Waals surface area (Å²) >= 11 is 0. The normalized spacial score (nSPS) is 11.8. The van der Waals surface area contributed by atoms with Crippen molar-refractivity contribution < 1.29 is 33.1 Å². The summed E-state index contributed by atoms with van der Waals surface area (Å²) in [6.45, 7) is 7.59. The molecule has 0 aliphatic rings. The van der Waals surface area contributed by atoms with Crippen molar-refractivity contribution in [2.24, 2.45) is 0 Å². The lowest BCUT2D eigenvalue weighted by atomic mass is 9.97. The van der Waals surface area contributed by atoms with E-state index in [4.69, 9.17) is 18.7 Å². The van der Waals surface area contributed by atoms with Crippen LogP contribution in [0.2, 0.25) is 0 Å². The van der Waals surface area contributed by atoms with Gasteiger partial charge in [0, 0.05) is 36.6 Å². The summed E-state index contributed by atoms with van der Waals surface area (Å²) in [7, 11) is 4.56. The molecule has 3 rings (SSSR count). The second-order valence-corrected chi connectivity index (χ2v) is 10.5. The molecule has 3 amide bonds. The van der Waals surface area contributed by atoms with Crippen molar-refractivity contribution in [3.63, 3.8) is 0 Å². The van der Waals surface area contributed by atoms with E-state index < -0.39 is 29.3 Å². The Morgan fingerprint density at radius 3 is 2.29 bits per heavy atom. The first-order valence-electron chi connectivity index (χ1n) is 13.7. The average Bonchev–Trinajstić information content (AvgIpc) is 3.39. The Bertz CT molecular complexity index is 1370. The number of anilines is 1. The lowest BCUT2D eigenvalue weighted by Crippen LogP contribution is -2.50. The predicted molar refractivity (Wildman–Crippen MR) is 157 cm³/mol. The zero-order valence-electron chi connectivity index (χ0n) is 25.3. The Hall–Kier alpha value is -4.54. The molecular weight excluding hydrogens is 540 g/mol. The van der Waals surface area contributed by atoms with E-state index in [1.165, 1.54) is 19.1 Å². The minimum absolute atomic E-state index is 0.0813. The highest BCUT2D eigenvalue weighted by Gasteiger charge is 2.36. The number of nitrogens with one attached hydrogen (secondary N) is 2. The number of nitrogens with zero attached hydrogens (tertiary/aromatic N) is 2. The summed E-state index contributed by atoms with van der Waals surface area (Å²) in [4.78, 5) is 42.2. The van der Waals surface area contributed by atoms with E-state index in [-0.39, 0.29) is 25.2 Å². The van der Waals surface area contributed by atoms with Gasteiger partial charge in [-0.25, -0.2) is 0 Å². The highest BCUT2D eigenvalue weighted by molar-refractivity contribution is 5.94. The quantitative estimate of drug-likeness (QED) is 0.278. The van der Waals surface area contributed by atoms with Crippen molar-refractivity contribution in [1.29, 1.82) is 0 Å². The Balaban J connectivity index is 2.03. The number of carbonyl (C=O) groups is 3. The van der Waals surface area contributed by atoms with Crippen LogP contribution in [-0.4, -0.2) is 54.6 Å². The molecule has 3 aromatic rings. The van der Waals surface area contributed by atoms with Gasteiger partial charge in [0.25, 0.3) is 0 Å². The van der Waals surface area contributed by atoms with E-state index in [0.29, 0.717) is 35.0 Å². The van der Waals surface area contributed by atoms with E-state index in [2.05, 4.69) is 15.8 Å². The SMILES string of the molecule is CCC(C)(C)NC(=O)[C@@H](c1cccc(OC)c1OC)N(Cc1ccc(OC)cc1)C(=O)CCC(=O)Nc1cc(C)on1. The van der Waals surface area contributed by atoms with Crippen LogP contribution in [-0.2, 0) is 20.9 Å². The Kier molecular flexibility index (Phi) is 11.0. The monoisotopic (exact) mass is 580 g/mol. The van der Waals surface area contributed by atoms with E-state index in [1.807, 2.05) is 32.9 Å². The molecule has 0 saturated carbocycles. The zero-order valence-corrected chi connectivity index (χ0v) is 25.3. The number of hydrogen-bond donors (Lipinski definition) is 2. The van der Waals surface area contributed by atoms with Gasteiger partial charge in [-0.1, -0.05) is 36.3 Å². The molecule has 0 saturated heterocycles. The van der Waals surface area contributed by atoms with Crippen molar-refractivity contribution in [1.82, 2.24) is 15.4 Å². The number of aryl methyl sites for hydroxylation is 1. The van der Waals surface area contributed by atoms with Gasteiger partial charge in [0.2, 0.25) is 17.7 Å². The molecule has 11 heteroatoms. The molecule has 0 unspecified atom stereocenters. The van der Waals surface area contributed by atoms with E-state index in [9.17, 15) is 14.4 Å². The van der Waals surface area contributed by atoms with E-state index in [0.717, 1.165) is 5.56 Å². The van der Waals surface area contributed by atoms with Crippen LogP contribution in [0.1, 0.15) is 63.0 Å². The number of benzene rings is 2. The van der Waals surface area contributed by atoms with Gasteiger partial charge in [0.1, 0.15) is 17.6 Å². The Labute approximate surface area is 246 Å². The van der Waals surface area contributed by atoms with Crippen molar-refractivity contribution in [3.8, 4) is 17.2 Å². The van der Waals surface area contributed by atoms with Gasteiger partial charge < -0.3 is 34.3 Å². The van der Waals surface area contributed by atoms with Gasteiger partial charge >= 0.3 is 0 Å². The zero-order chi connectivity index (χ0) is 30.9. The molecule has 1 atom stereocenters. The van der Waals surface area contributed by atoms with Crippen LogP contribution in [0.25, 0.3) is 0 Å². The third-order valence-corrected chi connectivity index (χ3v) is 6.93. The van der Waals surface area contributed by atoms with Crippen LogP contribution in [0.5, 0.6) is 17.2 Å². The number of carbonyl (C=O) groups excluding carboxylic acids is 3. The molecule has 0 fully saturated rings. The van der Waals surface area contributed by atoms with Gasteiger partial charge in [-0.2, -0.15) is 0 Å². The van der Waals surface area contributed by atoms with E-state index >= 15 is 0 Å². The highest BCUT2D eigenvalue weighted by Crippen LogP contribution is 2.38. The van der Waals surface area contributed by atoms with Crippen molar-refractivity contribution in [2.75, 3.05) is 26.6 Å². The van der Waals surface area contributed by atoms with Crippen LogP contribution in [0.4, 0.5) is 5.82 Å². The summed E-state index contributed by atoms with van der Waals surface area (Å²) in [6, 6.07) is 12.9. The smallest absolute Gasteiger partial charge is 0.248 e. The van der Waals surface area contributed by atoms with Crippen LogP contribution in [0, 0.1) is 6.92 Å². The molecule has 1 aromatic heterocycles. The van der Waals surface area contributed by atoms with Crippen LogP contribution >= 0.6 is 0 Å². The van der Waals surface area contributed by atoms with Crippen LogP contribution in [0.15, 0.2) is 53.1 Å². The third-order valence-electron chi connectivity index (χ3n) is 6.93. The predicted octanol–water partition coefficient (Wildman–Crippen LogP) is 4.80. The van der Waals surface area contributed by atoms with Crippen molar-refractivity contribution in [2.45, 2.75) is 65.1 Å². The lowest BCUT2D eigenvalue weighted by Gasteiger charge is -2.35. The molecule has 2 aromatic carbocycles. The maximum absolute atomic E-state index is 14.1. The maximum atomic E-state index is 14.1. The number of aromatic nitrogens is 1. The molecule has 2 N–H and O–H groups in total. The number of para-hydroxylation sites is 1. The molecule has 0 spiro atoms. The molecule has 0 aliphatic heterocycles. The van der Waals surface area contributed by atoms with Gasteiger partial charge in [-0.3, -0.25) is 14.4 Å². The van der Waals surface area contributed by atoms with Gasteiger partial charge in [-0.05, 0) is 51.0 Å². The van der Waals surface area contributed by atoms with Gasteiger partial charge in [0.05, 0.1) is 21.3 Å². The molecule has 42 heavy (non-hydrogen) atoms.